The highest BCUT2D eigenvalue weighted by Crippen LogP contribution is 2.49. The van der Waals surface area contributed by atoms with Crippen molar-refractivity contribution < 1.29 is 33.2 Å². The van der Waals surface area contributed by atoms with Crippen molar-refractivity contribution in [2.75, 3.05) is 42.7 Å². The molecule has 7 nitrogen and oxygen atoms in total. The van der Waals surface area contributed by atoms with Gasteiger partial charge in [0, 0.05) is 34.0 Å². The van der Waals surface area contributed by atoms with E-state index in [1.54, 1.807) is 6.08 Å². The van der Waals surface area contributed by atoms with E-state index >= 15 is 0 Å². The minimum atomic E-state index is -1.45. The Hall–Kier alpha value is -1.67. The molecule has 2 aliphatic carbocycles. The molecule has 0 N–H and O–H groups in total. The third-order valence-electron chi connectivity index (χ3n) is 4.75. The number of methoxy groups -OCH3 is 6. The lowest BCUT2D eigenvalue weighted by Gasteiger charge is -2.47. The van der Waals surface area contributed by atoms with Crippen molar-refractivity contribution in [1.29, 1.82) is 0 Å². The summed E-state index contributed by atoms with van der Waals surface area (Å²) < 4.78 is 33.4. The molecule has 0 radical (unpaired) electrons. The maximum atomic E-state index is 12.3. The average Bonchev–Trinajstić information content (AvgIpc) is 2.87. The molecule has 0 spiro atoms. The molecule has 0 aromatic heterocycles. The lowest BCUT2D eigenvalue weighted by Crippen LogP contribution is -2.61. The quantitative estimate of drug-likeness (QED) is 0.534. The van der Waals surface area contributed by atoms with E-state index in [9.17, 15) is 4.79 Å². The van der Waals surface area contributed by atoms with Gasteiger partial charge in [-0.05, 0) is 30.9 Å². The highest BCUT2D eigenvalue weighted by Gasteiger charge is 2.61. The highest BCUT2D eigenvalue weighted by atomic mass is 16.8. The van der Waals surface area contributed by atoms with Gasteiger partial charge in [-0.1, -0.05) is 6.08 Å². The summed E-state index contributed by atoms with van der Waals surface area (Å²) in [5.74, 6) is -2.91. The minimum absolute atomic E-state index is 0.412. The van der Waals surface area contributed by atoms with Crippen LogP contribution in [0, 0.1) is 0 Å². The third-order valence-corrected chi connectivity index (χ3v) is 4.75. The van der Waals surface area contributed by atoms with E-state index in [0.717, 1.165) is 18.4 Å². The van der Waals surface area contributed by atoms with Crippen LogP contribution in [-0.2, 0) is 33.2 Å². The topological polar surface area (TPSA) is 72.5 Å². The number of hydrogen-bond donors (Lipinski definition) is 0. The van der Waals surface area contributed by atoms with Crippen LogP contribution in [0.1, 0.15) is 19.3 Å². The molecule has 0 amide bonds. The Morgan fingerprint density at radius 1 is 1.00 bits per heavy atom. The van der Waals surface area contributed by atoms with Gasteiger partial charge in [-0.2, -0.15) is 0 Å². The second kappa shape index (κ2) is 7.70. The van der Waals surface area contributed by atoms with Gasteiger partial charge in [-0.15, -0.1) is 0 Å². The Bertz CT molecular complexity index is 607. The maximum absolute atomic E-state index is 12.3. The fourth-order valence-electron chi connectivity index (χ4n) is 3.56. The molecule has 2 rings (SSSR count). The van der Waals surface area contributed by atoms with Crippen molar-refractivity contribution in [3.8, 4) is 0 Å². The largest absolute Gasteiger partial charge is 0.495 e. The molecule has 25 heavy (non-hydrogen) atoms. The van der Waals surface area contributed by atoms with Gasteiger partial charge in [0.15, 0.2) is 5.76 Å². The number of esters is 1. The predicted molar refractivity (Wildman–Crippen MR) is 89.6 cm³/mol. The Balaban J connectivity index is 2.81. The molecule has 140 valence electrons. The van der Waals surface area contributed by atoms with Gasteiger partial charge in [-0.25, -0.2) is 4.79 Å². The first-order valence-electron chi connectivity index (χ1n) is 8.01. The van der Waals surface area contributed by atoms with Crippen molar-refractivity contribution in [3.63, 3.8) is 0 Å². The standard InChI is InChI=1S/C18H26O7/c1-20-15-12-9-7-8-10-13(16(19)21-2)14(12)11-17(22-3,23-4)18(15,24-5)25-6/h10-11H,7-9H2,1-6H3. The Morgan fingerprint density at radius 2 is 1.64 bits per heavy atom. The van der Waals surface area contributed by atoms with Crippen LogP contribution in [0.5, 0.6) is 0 Å². The van der Waals surface area contributed by atoms with Crippen LogP contribution >= 0.6 is 0 Å². The number of carbonyl (C=O) groups excluding carboxylic acids is 1. The van der Waals surface area contributed by atoms with Crippen LogP contribution in [0.25, 0.3) is 0 Å². The third kappa shape index (κ3) is 2.81. The molecule has 0 bridgehead atoms. The zero-order chi connectivity index (χ0) is 18.7. The average molecular weight is 354 g/mol. The fraction of sp³-hybridized carbons (Fsp3) is 0.611. The van der Waals surface area contributed by atoms with Gasteiger partial charge in [-0.3, -0.25) is 0 Å². The maximum Gasteiger partial charge on any atom is 0.338 e. The van der Waals surface area contributed by atoms with Crippen molar-refractivity contribution in [2.24, 2.45) is 0 Å². The van der Waals surface area contributed by atoms with E-state index in [2.05, 4.69) is 0 Å². The second-order valence-corrected chi connectivity index (χ2v) is 5.67. The Morgan fingerprint density at radius 3 is 2.12 bits per heavy atom. The first kappa shape index (κ1) is 19.7. The van der Waals surface area contributed by atoms with E-state index in [0.29, 0.717) is 23.3 Å². The summed E-state index contributed by atoms with van der Waals surface area (Å²) in [6.07, 6.45) is 5.83. The molecule has 0 heterocycles. The monoisotopic (exact) mass is 354 g/mol. The molecular formula is C18H26O7. The fourth-order valence-corrected chi connectivity index (χ4v) is 3.56. The molecule has 0 aliphatic heterocycles. The lowest BCUT2D eigenvalue weighted by molar-refractivity contribution is -0.361. The highest BCUT2D eigenvalue weighted by molar-refractivity contribution is 5.95. The molecule has 0 unspecified atom stereocenters. The molecule has 7 heteroatoms. The predicted octanol–water partition coefficient (Wildman–Crippen LogP) is 2.09. The van der Waals surface area contributed by atoms with Crippen LogP contribution in [0.15, 0.2) is 34.6 Å². The van der Waals surface area contributed by atoms with Gasteiger partial charge in [0.2, 0.25) is 0 Å². The number of hydrogen-bond acceptors (Lipinski definition) is 7. The van der Waals surface area contributed by atoms with Gasteiger partial charge in [0.1, 0.15) is 0 Å². The second-order valence-electron chi connectivity index (χ2n) is 5.67. The van der Waals surface area contributed by atoms with Crippen LogP contribution in [0.3, 0.4) is 0 Å². The summed E-state index contributed by atoms with van der Waals surface area (Å²) in [5.41, 5.74) is 1.91. The van der Waals surface area contributed by atoms with Crippen LogP contribution in [0.4, 0.5) is 0 Å². The van der Waals surface area contributed by atoms with E-state index in [-0.39, 0.29) is 0 Å². The van der Waals surface area contributed by atoms with Gasteiger partial charge in [0.05, 0.1) is 19.8 Å². The number of ether oxygens (including phenoxy) is 6. The summed E-state index contributed by atoms with van der Waals surface area (Å²) in [6, 6.07) is 0. The minimum Gasteiger partial charge on any atom is -0.495 e. The zero-order valence-electron chi connectivity index (χ0n) is 15.6. The summed E-state index contributed by atoms with van der Waals surface area (Å²) >= 11 is 0. The van der Waals surface area contributed by atoms with Crippen molar-refractivity contribution in [3.05, 3.63) is 34.6 Å². The van der Waals surface area contributed by atoms with E-state index in [1.165, 1.54) is 42.7 Å². The van der Waals surface area contributed by atoms with Crippen molar-refractivity contribution >= 4 is 5.97 Å². The molecule has 0 saturated heterocycles. The lowest BCUT2D eigenvalue weighted by atomic mass is 9.82. The van der Waals surface area contributed by atoms with Crippen molar-refractivity contribution in [2.45, 2.75) is 30.8 Å². The molecule has 0 aromatic rings. The first-order valence-corrected chi connectivity index (χ1v) is 8.01. The first-order chi connectivity index (χ1) is 12.0. The molecule has 2 aliphatic rings. The zero-order valence-corrected chi connectivity index (χ0v) is 15.6. The molecule has 0 fully saturated rings. The van der Waals surface area contributed by atoms with Gasteiger partial charge >= 0.3 is 5.97 Å². The van der Waals surface area contributed by atoms with E-state index in [4.69, 9.17) is 28.4 Å². The van der Waals surface area contributed by atoms with Crippen molar-refractivity contribution in [1.82, 2.24) is 0 Å². The smallest absolute Gasteiger partial charge is 0.338 e. The Labute approximate surface area is 148 Å². The van der Waals surface area contributed by atoms with Gasteiger partial charge in [0.25, 0.3) is 11.6 Å². The summed E-state index contributed by atoms with van der Waals surface area (Å²) in [4.78, 5) is 12.3. The number of fused-ring (bicyclic) bond motifs is 1. The van der Waals surface area contributed by atoms with E-state index in [1.807, 2.05) is 6.08 Å². The summed E-state index contributed by atoms with van der Waals surface area (Å²) in [6.45, 7) is 0. The van der Waals surface area contributed by atoms with Crippen LogP contribution < -0.4 is 0 Å². The molecule has 0 saturated carbocycles. The molecule has 0 atom stereocenters. The number of allylic oxidation sites excluding steroid dienone is 2. The van der Waals surface area contributed by atoms with Gasteiger partial charge < -0.3 is 28.4 Å². The summed E-state index contributed by atoms with van der Waals surface area (Å²) in [5, 5.41) is 0. The molecule has 0 aromatic carbocycles. The SMILES string of the molecule is COC(=O)C1=CCCCC2=C(OC)C(OC)(OC)C(OC)(OC)C=C12. The Kier molecular flexibility index (Phi) is 6.05. The van der Waals surface area contributed by atoms with E-state index < -0.39 is 17.5 Å². The number of rotatable bonds is 6. The molecular weight excluding hydrogens is 328 g/mol. The normalized spacial score (nSPS) is 21.7. The van der Waals surface area contributed by atoms with Crippen LogP contribution in [-0.4, -0.2) is 60.2 Å². The van der Waals surface area contributed by atoms with Crippen LogP contribution in [0.2, 0.25) is 0 Å². The summed E-state index contributed by atoms with van der Waals surface area (Å²) in [7, 11) is 8.81. The number of carbonyl (C=O) groups is 1.